The van der Waals surface area contributed by atoms with Crippen LogP contribution < -0.4 is 5.32 Å². The average Bonchev–Trinajstić information content (AvgIpc) is 2.99. The fourth-order valence-electron chi connectivity index (χ4n) is 4.51. The van der Waals surface area contributed by atoms with Crippen LogP contribution in [0.15, 0.2) is 84.9 Å². The second-order valence-electron chi connectivity index (χ2n) is 10.1. The molecule has 1 unspecified atom stereocenters. The van der Waals surface area contributed by atoms with Crippen molar-refractivity contribution >= 4 is 11.9 Å². The minimum absolute atomic E-state index is 0.0124. The van der Waals surface area contributed by atoms with Gasteiger partial charge in [-0.3, -0.25) is 4.79 Å². The molecule has 1 amide bonds. The molecule has 1 atom stereocenters. The fraction of sp³-hybridized carbons (Fsp3) is 0.188. The van der Waals surface area contributed by atoms with E-state index in [0.717, 1.165) is 25.3 Å². The van der Waals surface area contributed by atoms with Crippen molar-refractivity contribution in [2.24, 2.45) is 0 Å². The van der Waals surface area contributed by atoms with E-state index in [1.54, 1.807) is 0 Å². The molecule has 4 rings (SSSR count). The molecule has 0 radical (unpaired) electrons. The predicted octanol–water partition coefficient (Wildman–Crippen LogP) is 8.30. The second kappa shape index (κ2) is 12.8. The number of carbonyl (C=O) groups excluding carboxylic acids is 2. The van der Waals surface area contributed by atoms with Crippen molar-refractivity contribution in [2.45, 2.75) is 31.0 Å². The standard InChI is InChI=1S/C32H22F9NO4/c1-46-29(45)26(42-28(44)25-15-20(8-11-27(25)43)18-6-9-22(10-7-18)30(33,34)35)12-17-2-4-19(5-3-17)21-13-23(31(36,37)38)16-24(14-21)32(39,40)41/h2-11,13-16,26,43H,12H2,1H3,(H,42,44). The molecule has 5 nitrogen and oxygen atoms in total. The van der Waals surface area contributed by atoms with Gasteiger partial charge in [-0.15, -0.1) is 0 Å². The number of benzene rings is 4. The molecule has 0 spiro atoms. The molecule has 0 heterocycles. The van der Waals surface area contributed by atoms with Crippen molar-refractivity contribution in [1.82, 2.24) is 5.32 Å². The third-order valence-corrected chi connectivity index (χ3v) is 6.89. The van der Waals surface area contributed by atoms with Gasteiger partial charge in [0, 0.05) is 6.42 Å². The Balaban J connectivity index is 1.57. The van der Waals surface area contributed by atoms with Gasteiger partial charge in [0.25, 0.3) is 5.91 Å². The van der Waals surface area contributed by atoms with Gasteiger partial charge in [0.1, 0.15) is 11.8 Å². The highest BCUT2D eigenvalue weighted by atomic mass is 19.4. The first-order chi connectivity index (χ1) is 21.4. The highest BCUT2D eigenvalue weighted by Crippen LogP contribution is 2.39. The highest BCUT2D eigenvalue weighted by Gasteiger charge is 2.37. The largest absolute Gasteiger partial charge is 0.507 e. The van der Waals surface area contributed by atoms with Crippen molar-refractivity contribution in [3.05, 3.63) is 113 Å². The van der Waals surface area contributed by atoms with Crippen LogP contribution in [0.25, 0.3) is 22.3 Å². The number of hydrogen-bond donors (Lipinski definition) is 2. The molecule has 4 aromatic rings. The summed E-state index contributed by atoms with van der Waals surface area (Å²) >= 11 is 0. The zero-order valence-electron chi connectivity index (χ0n) is 23.4. The summed E-state index contributed by atoms with van der Waals surface area (Å²) in [5.41, 5.74) is -3.58. The zero-order valence-corrected chi connectivity index (χ0v) is 23.4. The van der Waals surface area contributed by atoms with Crippen molar-refractivity contribution in [1.29, 1.82) is 0 Å². The maximum atomic E-state index is 13.3. The Morgan fingerprint density at radius 1 is 0.652 bits per heavy atom. The molecule has 4 aromatic carbocycles. The molecule has 0 saturated heterocycles. The molecule has 0 bridgehead atoms. The van der Waals surface area contributed by atoms with Crippen LogP contribution in [0.3, 0.4) is 0 Å². The van der Waals surface area contributed by atoms with Gasteiger partial charge in [0.15, 0.2) is 0 Å². The molecular weight excluding hydrogens is 633 g/mol. The minimum Gasteiger partial charge on any atom is -0.507 e. The summed E-state index contributed by atoms with van der Waals surface area (Å²) in [5, 5.41) is 12.7. The normalized spacial score (nSPS) is 12.8. The number of rotatable bonds is 7. The lowest BCUT2D eigenvalue weighted by Gasteiger charge is -2.18. The van der Waals surface area contributed by atoms with E-state index in [4.69, 9.17) is 4.74 Å². The summed E-state index contributed by atoms with van der Waals surface area (Å²) in [6.45, 7) is 0. The number of hydrogen-bond acceptors (Lipinski definition) is 4. The molecule has 14 heteroatoms. The fourth-order valence-corrected chi connectivity index (χ4v) is 4.51. The highest BCUT2D eigenvalue weighted by molar-refractivity contribution is 6.00. The average molecular weight is 656 g/mol. The molecule has 0 aliphatic heterocycles. The molecule has 46 heavy (non-hydrogen) atoms. The van der Waals surface area contributed by atoms with Crippen LogP contribution in [0.5, 0.6) is 5.75 Å². The lowest BCUT2D eigenvalue weighted by Crippen LogP contribution is -2.43. The summed E-state index contributed by atoms with van der Waals surface area (Å²) in [6.07, 6.45) is -14.9. The Morgan fingerprint density at radius 3 is 1.63 bits per heavy atom. The van der Waals surface area contributed by atoms with Crippen LogP contribution in [-0.4, -0.2) is 30.1 Å². The Labute approximate surface area is 255 Å². The topological polar surface area (TPSA) is 75.6 Å². The maximum absolute atomic E-state index is 13.3. The van der Waals surface area contributed by atoms with Gasteiger partial charge in [-0.05, 0) is 70.3 Å². The second-order valence-corrected chi connectivity index (χ2v) is 10.1. The molecule has 0 aliphatic rings. The van der Waals surface area contributed by atoms with Crippen molar-refractivity contribution in [3.63, 3.8) is 0 Å². The van der Waals surface area contributed by atoms with Gasteiger partial charge in [0.05, 0.1) is 29.4 Å². The Hall–Kier alpha value is -5.01. The van der Waals surface area contributed by atoms with Crippen LogP contribution in [0, 0.1) is 0 Å². The molecule has 0 fully saturated rings. The summed E-state index contributed by atoms with van der Waals surface area (Å²) in [7, 11) is 1.04. The number of nitrogens with one attached hydrogen (secondary N) is 1. The van der Waals surface area contributed by atoms with Gasteiger partial charge in [-0.2, -0.15) is 39.5 Å². The van der Waals surface area contributed by atoms with Gasteiger partial charge >= 0.3 is 24.5 Å². The molecular formula is C32H22F9NO4. The van der Waals surface area contributed by atoms with Gasteiger partial charge < -0.3 is 15.2 Å². The van der Waals surface area contributed by atoms with Gasteiger partial charge in [0.2, 0.25) is 0 Å². The van der Waals surface area contributed by atoms with E-state index in [2.05, 4.69) is 5.32 Å². The number of methoxy groups -OCH3 is 1. The van der Waals surface area contributed by atoms with E-state index in [0.29, 0.717) is 23.3 Å². The number of carbonyl (C=O) groups is 2. The predicted molar refractivity (Wildman–Crippen MR) is 147 cm³/mol. The van der Waals surface area contributed by atoms with Crippen molar-refractivity contribution in [3.8, 4) is 28.0 Å². The van der Waals surface area contributed by atoms with E-state index < -0.39 is 58.9 Å². The van der Waals surface area contributed by atoms with E-state index in [1.807, 2.05) is 0 Å². The van der Waals surface area contributed by atoms with Crippen molar-refractivity contribution in [2.75, 3.05) is 7.11 Å². The quantitative estimate of drug-likeness (QED) is 0.155. The van der Waals surface area contributed by atoms with E-state index >= 15 is 0 Å². The van der Waals surface area contributed by atoms with Gasteiger partial charge in [-0.1, -0.05) is 42.5 Å². The molecule has 242 valence electrons. The first-order valence-electron chi connectivity index (χ1n) is 13.1. The first-order valence-corrected chi connectivity index (χ1v) is 13.1. The summed E-state index contributed by atoms with van der Waals surface area (Å²) in [5.74, 6) is -2.36. The van der Waals surface area contributed by atoms with Crippen LogP contribution in [0.1, 0.15) is 32.6 Å². The Kier molecular flexibility index (Phi) is 9.41. The number of alkyl halides is 9. The summed E-state index contributed by atoms with van der Waals surface area (Å²) in [4.78, 5) is 25.6. The van der Waals surface area contributed by atoms with Crippen molar-refractivity contribution < 1.29 is 58.9 Å². The number of halogens is 9. The summed E-state index contributed by atoms with van der Waals surface area (Å²) < 4.78 is 123. The lowest BCUT2D eigenvalue weighted by molar-refractivity contribution is -0.144. The molecule has 2 N–H and O–H groups in total. The molecule has 0 saturated carbocycles. The maximum Gasteiger partial charge on any atom is 0.416 e. The monoisotopic (exact) mass is 655 g/mol. The first kappa shape index (κ1) is 33.9. The van der Waals surface area contributed by atoms with E-state index in [-0.39, 0.29) is 34.7 Å². The Bertz CT molecular complexity index is 1700. The van der Waals surface area contributed by atoms with E-state index in [9.17, 15) is 54.2 Å². The third kappa shape index (κ3) is 7.98. The number of ether oxygens (including phenoxy) is 1. The van der Waals surface area contributed by atoms with Crippen LogP contribution in [0.4, 0.5) is 39.5 Å². The van der Waals surface area contributed by atoms with Crippen LogP contribution in [0.2, 0.25) is 0 Å². The number of aromatic hydroxyl groups is 1. The number of phenols is 1. The SMILES string of the molecule is COC(=O)C(Cc1ccc(-c2cc(C(F)(F)F)cc(C(F)(F)F)c2)cc1)NC(=O)c1cc(-c2ccc(C(F)(F)F)cc2)ccc1O. The Morgan fingerprint density at radius 2 is 1.13 bits per heavy atom. The molecule has 0 aromatic heterocycles. The lowest BCUT2D eigenvalue weighted by atomic mass is 9.97. The number of phenolic OH excluding ortho intramolecular Hbond substituents is 1. The van der Waals surface area contributed by atoms with Crippen LogP contribution in [-0.2, 0) is 34.5 Å². The number of amides is 1. The molecule has 0 aliphatic carbocycles. The van der Waals surface area contributed by atoms with Crippen LogP contribution >= 0.6 is 0 Å². The number of esters is 1. The summed E-state index contributed by atoms with van der Waals surface area (Å²) in [6, 6.07) is 12.8. The smallest absolute Gasteiger partial charge is 0.416 e. The zero-order chi connectivity index (χ0) is 34.0. The van der Waals surface area contributed by atoms with E-state index in [1.165, 1.54) is 48.5 Å². The third-order valence-electron chi connectivity index (χ3n) is 6.89. The van der Waals surface area contributed by atoms with Gasteiger partial charge in [-0.25, -0.2) is 4.79 Å². The minimum atomic E-state index is -5.03.